The molecule has 1 aromatic heterocycles. The summed E-state index contributed by atoms with van der Waals surface area (Å²) in [5.74, 6) is -0.660. The van der Waals surface area contributed by atoms with Crippen LogP contribution in [-0.4, -0.2) is 16.8 Å². The summed E-state index contributed by atoms with van der Waals surface area (Å²) < 4.78 is 5.24. The Morgan fingerprint density at radius 1 is 1.12 bits per heavy atom. The van der Waals surface area contributed by atoms with E-state index in [-0.39, 0.29) is 28.2 Å². The maximum Gasteiger partial charge on any atom is 0.261 e. The SMILES string of the molecule is CC(=O)c1ccc(NC(=O)c2cc3cccc(O)c3oc2=N)cc1. The van der Waals surface area contributed by atoms with Gasteiger partial charge in [0.2, 0.25) is 5.55 Å². The molecule has 1 amide bonds. The van der Waals surface area contributed by atoms with Gasteiger partial charge in [0.1, 0.15) is 5.56 Å². The Bertz CT molecular complexity index is 1000. The van der Waals surface area contributed by atoms with E-state index in [1.165, 1.54) is 19.1 Å². The number of benzene rings is 2. The highest BCUT2D eigenvalue weighted by molar-refractivity contribution is 6.05. The lowest BCUT2D eigenvalue weighted by Crippen LogP contribution is -2.20. The van der Waals surface area contributed by atoms with Gasteiger partial charge in [0, 0.05) is 16.6 Å². The highest BCUT2D eigenvalue weighted by atomic mass is 16.4. The predicted molar refractivity (Wildman–Crippen MR) is 88.1 cm³/mol. The van der Waals surface area contributed by atoms with Crippen molar-refractivity contribution in [3.8, 4) is 5.75 Å². The van der Waals surface area contributed by atoms with Gasteiger partial charge in [0.15, 0.2) is 17.1 Å². The molecule has 0 radical (unpaired) electrons. The molecule has 120 valence electrons. The molecule has 0 aliphatic rings. The van der Waals surface area contributed by atoms with Crippen molar-refractivity contribution < 1.29 is 19.1 Å². The largest absolute Gasteiger partial charge is 0.504 e. The Balaban J connectivity index is 1.92. The number of rotatable bonds is 3. The summed E-state index contributed by atoms with van der Waals surface area (Å²) >= 11 is 0. The number of Topliss-reactive ketones (excluding diaryl/α,β-unsaturated/α-hetero) is 1. The van der Waals surface area contributed by atoms with Crippen LogP contribution in [0, 0.1) is 5.41 Å². The highest BCUT2D eigenvalue weighted by Crippen LogP contribution is 2.23. The average Bonchev–Trinajstić information content (AvgIpc) is 2.55. The van der Waals surface area contributed by atoms with Gasteiger partial charge in [0.25, 0.3) is 5.91 Å². The molecule has 0 saturated heterocycles. The Labute approximate surface area is 136 Å². The lowest BCUT2D eigenvalue weighted by atomic mass is 10.1. The number of ketones is 1. The van der Waals surface area contributed by atoms with E-state index in [4.69, 9.17) is 9.83 Å². The third kappa shape index (κ3) is 2.89. The van der Waals surface area contributed by atoms with Gasteiger partial charge < -0.3 is 14.8 Å². The van der Waals surface area contributed by atoms with Gasteiger partial charge in [-0.3, -0.25) is 15.0 Å². The molecule has 0 atom stereocenters. The summed E-state index contributed by atoms with van der Waals surface area (Å²) in [5, 5.41) is 20.7. The summed E-state index contributed by atoms with van der Waals surface area (Å²) in [5.41, 5.74) is 0.904. The normalized spacial score (nSPS) is 10.5. The van der Waals surface area contributed by atoms with Crippen LogP contribution in [0.15, 0.2) is 52.9 Å². The zero-order valence-electron chi connectivity index (χ0n) is 12.8. The summed E-state index contributed by atoms with van der Waals surface area (Å²) in [6, 6.07) is 12.7. The summed E-state index contributed by atoms with van der Waals surface area (Å²) in [4.78, 5) is 23.6. The molecule has 1 heterocycles. The predicted octanol–water partition coefficient (Wildman–Crippen LogP) is 3.07. The van der Waals surface area contributed by atoms with E-state index in [1.54, 1.807) is 36.4 Å². The van der Waals surface area contributed by atoms with Gasteiger partial charge in [-0.15, -0.1) is 0 Å². The molecule has 0 saturated carbocycles. The molecule has 3 rings (SSSR count). The van der Waals surface area contributed by atoms with E-state index < -0.39 is 5.91 Å². The lowest BCUT2D eigenvalue weighted by Gasteiger charge is -2.07. The number of hydrogen-bond donors (Lipinski definition) is 3. The smallest absolute Gasteiger partial charge is 0.261 e. The van der Waals surface area contributed by atoms with Crippen molar-refractivity contribution in [2.24, 2.45) is 0 Å². The molecular formula is C18H14N2O4. The third-order valence-electron chi connectivity index (χ3n) is 3.57. The molecule has 0 unspecified atom stereocenters. The van der Waals surface area contributed by atoms with Crippen molar-refractivity contribution >= 4 is 28.3 Å². The van der Waals surface area contributed by atoms with Crippen LogP contribution in [0.4, 0.5) is 5.69 Å². The molecule has 2 aromatic carbocycles. The van der Waals surface area contributed by atoms with Crippen molar-refractivity contribution in [3.05, 3.63) is 65.2 Å². The Hall–Kier alpha value is -3.41. The van der Waals surface area contributed by atoms with Gasteiger partial charge >= 0.3 is 0 Å². The number of carbonyl (C=O) groups is 2. The Kier molecular flexibility index (Phi) is 3.87. The molecule has 0 fully saturated rings. The zero-order chi connectivity index (χ0) is 17.3. The fourth-order valence-electron chi connectivity index (χ4n) is 2.30. The number of phenolic OH excluding ortho intramolecular Hbond substituents is 1. The van der Waals surface area contributed by atoms with Crippen LogP contribution in [0.3, 0.4) is 0 Å². The molecule has 0 bridgehead atoms. The van der Waals surface area contributed by atoms with Gasteiger partial charge in [-0.25, -0.2) is 0 Å². The number of phenols is 1. The fourth-order valence-corrected chi connectivity index (χ4v) is 2.30. The van der Waals surface area contributed by atoms with Crippen LogP contribution in [0.5, 0.6) is 5.75 Å². The first-order valence-electron chi connectivity index (χ1n) is 7.18. The van der Waals surface area contributed by atoms with Gasteiger partial charge in [-0.1, -0.05) is 12.1 Å². The van der Waals surface area contributed by atoms with E-state index in [0.717, 1.165) is 0 Å². The standard InChI is InChI=1S/C18H14N2O4/c1-10(21)11-5-7-13(8-6-11)20-18(23)14-9-12-3-2-4-15(22)16(12)24-17(14)19/h2-9,19,22H,1H3,(H,20,23). The molecule has 3 N–H and O–H groups in total. The van der Waals surface area contributed by atoms with Crippen LogP contribution < -0.4 is 10.9 Å². The molecular weight excluding hydrogens is 308 g/mol. The molecule has 6 nitrogen and oxygen atoms in total. The van der Waals surface area contributed by atoms with Crippen molar-refractivity contribution in [2.75, 3.05) is 5.32 Å². The van der Waals surface area contributed by atoms with E-state index in [2.05, 4.69) is 5.32 Å². The lowest BCUT2D eigenvalue weighted by molar-refractivity contribution is 0.101. The average molecular weight is 322 g/mol. The second-order valence-electron chi connectivity index (χ2n) is 5.27. The molecule has 24 heavy (non-hydrogen) atoms. The Morgan fingerprint density at radius 3 is 2.50 bits per heavy atom. The van der Waals surface area contributed by atoms with Gasteiger partial charge in [0.05, 0.1) is 0 Å². The highest BCUT2D eigenvalue weighted by Gasteiger charge is 2.13. The zero-order valence-corrected chi connectivity index (χ0v) is 12.8. The minimum absolute atomic E-state index is 0.0451. The van der Waals surface area contributed by atoms with Crippen LogP contribution in [0.1, 0.15) is 27.6 Å². The molecule has 3 aromatic rings. The van der Waals surface area contributed by atoms with E-state index in [9.17, 15) is 14.7 Å². The number of aromatic hydroxyl groups is 1. The first-order valence-corrected chi connectivity index (χ1v) is 7.18. The van der Waals surface area contributed by atoms with Crippen molar-refractivity contribution in [2.45, 2.75) is 6.92 Å². The first-order chi connectivity index (χ1) is 11.5. The van der Waals surface area contributed by atoms with Gasteiger partial charge in [-0.05, 0) is 43.3 Å². The second-order valence-corrected chi connectivity index (χ2v) is 5.27. The minimum Gasteiger partial charge on any atom is -0.504 e. The number of anilines is 1. The number of amides is 1. The van der Waals surface area contributed by atoms with Crippen molar-refractivity contribution in [1.82, 2.24) is 0 Å². The first kappa shape index (κ1) is 15.5. The van der Waals surface area contributed by atoms with Crippen LogP contribution in [-0.2, 0) is 0 Å². The molecule has 0 spiro atoms. The molecule has 0 aliphatic carbocycles. The van der Waals surface area contributed by atoms with Crippen LogP contribution in [0.2, 0.25) is 0 Å². The summed E-state index contributed by atoms with van der Waals surface area (Å²) in [6.07, 6.45) is 0. The minimum atomic E-state index is -0.510. The Morgan fingerprint density at radius 2 is 1.83 bits per heavy atom. The quantitative estimate of drug-likeness (QED) is 0.645. The number of fused-ring (bicyclic) bond motifs is 1. The van der Waals surface area contributed by atoms with Crippen molar-refractivity contribution in [1.29, 1.82) is 5.41 Å². The van der Waals surface area contributed by atoms with Gasteiger partial charge in [-0.2, -0.15) is 0 Å². The molecule has 0 aliphatic heterocycles. The summed E-state index contributed by atoms with van der Waals surface area (Å²) in [7, 11) is 0. The number of nitrogens with one attached hydrogen (secondary N) is 2. The van der Waals surface area contributed by atoms with Crippen LogP contribution in [0.25, 0.3) is 11.0 Å². The van der Waals surface area contributed by atoms with Crippen LogP contribution >= 0.6 is 0 Å². The molecule has 6 heteroatoms. The monoisotopic (exact) mass is 322 g/mol. The topological polar surface area (TPSA) is 103 Å². The fraction of sp³-hybridized carbons (Fsp3) is 0.0556. The van der Waals surface area contributed by atoms with E-state index in [0.29, 0.717) is 16.6 Å². The van der Waals surface area contributed by atoms with Crippen molar-refractivity contribution in [3.63, 3.8) is 0 Å². The number of carbonyl (C=O) groups excluding carboxylic acids is 2. The number of para-hydroxylation sites is 1. The third-order valence-corrected chi connectivity index (χ3v) is 3.57. The van der Waals surface area contributed by atoms with E-state index in [1.807, 2.05) is 0 Å². The maximum atomic E-state index is 12.4. The second kappa shape index (κ2) is 6.00. The number of hydrogen-bond acceptors (Lipinski definition) is 5. The van der Waals surface area contributed by atoms with E-state index >= 15 is 0 Å². The summed E-state index contributed by atoms with van der Waals surface area (Å²) in [6.45, 7) is 1.46. The maximum absolute atomic E-state index is 12.4.